The van der Waals surface area contributed by atoms with Gasteiger partial charge in [-0.2, -0.15) is 0 Å². The van der Waals surface area contributed by atoms with Gasteiger partial charge in [0.2, 0.25) is 11.8 Å². The molecule has 6 nitrogen and oxygen atoms in total. The molecular formula is C10H14N3O3S+. The van der Waals surface area contributed by atoms with Crippen molar-refractivity contribution < 1.29 is 19.8 Å². The van der Waals surface area contributed by atoms with Crippen LogP contribution in [-0.2, 0) is 9.59 Å². The fourth-order valence-electron chi connectivity index (χ4n) is 1.66. The van der Waals surface area contributed by atoms with Crippen molar-refractivity contribution in [1.29, 1.82) is 0 Å². The highest BCUT2D eigenvalue weighted by Crippen LogP contribution is 2.28. The summed E-state index contributed by atoms with van der Waals surface area (Å²) < 4.78 is 4.88. The molecule has 1 atom stereocenters. The predicted octanol–water partition coefficient (Wildman–Crippen LogP) is -0.410. The minimum atomic E-state index is -0.304. The number of quaternary nitrogens is 1. The third-order valence-electron chi connectivity index (χ3n) is 2.41. The van der Waals surface area contributed by atoms with Crippen LogP contribution in [0.25, 0.3) is 0 Å². The Kier molecular flexibility index (Phi) is 3.49. The van der Waals surface area contributed by atoms with Crippen molar-refractivity contribution in [2.45, 2.75) is 18.6 Å². The summed E-state index contributed by atoms with van der Waals surface area (Å²) in [5.74, 6) is 1.21. The highest BCUT2D eigenvalue weighted by molar-refractivity contribution is 8.00. The van der Waals surface area contributed by atoms with Crippen LogP contribution in [0.15, 0.2) is 10.6 Å². The van der Waals surface area contributed by atoms with Crippen LogP contribution >= 0.6 is 11.8 Å². The lowest BCUT2D eigenvalue weighted by atomic mass is 10.4. The van der Waals surface area contributed by atoms with Crippen LogP contribution in [0.5, 0.6) is 0 Å². The van der Waals surface area contributed by atoms with Gasteiger partial charge >= 0.3 is 0 Å². The standard InChI is InChI=1S/C10H13N3O3S/c1-6-4-8(12-16-6)13-9(14)5-7(10(13)15)17-3-2-11/h4,7H,2-3,5,11H2,1H3/p+1/t7-/m1/s1. The van der Waals surface area contributed by atoms with E-state index in [2.05, 4.69) is 10.9 Å². The summed E-state index contributed by atoms with van der Waals surface area (Å²) in [5, 5.41) is 3.40. The quantitative estimate of drug-likeness (QED) is 0.739. The summed E-state index contributed by atoms with van der Waals surface area (Å²) in [6.07, 6.45) is 0.232. The first-order valence-electron chi connectivity index (χ1n) is 5.34. The first-order chi connectivity index (χ1) is 8.13. The molecule has 7 heteroatoms. The van der Waals surface area contributed by atoms with Gasteiger partial charge in [-0.3, -0.25) is 9.59 Å². The molecule has 0 spiro atoms. The van der Waals surface area contributed by atoms with Crippen molar-refractivity contribution in [3.63, 3.8) is 0 Å². The molecule has 17 heavy (non-hydrogen) atoms. The number of hydrogen-bond donors (Lipinski definition) is 1. The van der Waals surface area contributed by atoms with Gasteiger partial charge in [0, 0.05) is 18.2 Å². The molecule has 0 saturated carbocycles. The molecule has 1 saturated heterocycles. The fraction of sp³-hybridized carbons (Fsp3) is 0.500. The van der Waals surface area contributed by atoms with E-state index in [1.54, 1.807) is 13.0 Å². The molecule has 0 unspecified atom stereocenters. The fourth-order valence-corrected chi connectivity index (χ4v) is 2.62. The summed E-state index contributed by atoms with van der Waals surface area (Å²) in [5.41, 5.74) is 3.71. The molecule has 3 N–H and O–H groups in total. The Morgan fingerprint density at radius 3 is 3.00 bits per heavy atom. The van der Waals surface area contributed by atoms with Gasteiger partial charge in [-0.15, -0.1) is 11.8 Å². The number of aromatic nitrogens is 1. The van der Waals surface area contributed by atoms with Crippen LogP contribution in [0.1, 0.15) is 12.2 Å². The van der Waals surface area contributed by atoms with E-state index < -0.39 is 0 Å². The Labute approximate surface area is 102 Å². The number of nitrogens with zero attached hydrogens (tertiary/aromatic N) is 2. The number of thioether (sulfide) groups is 1. The number of hydrogen-bond acceptors (Lipinski definition) is 5. The smallest absolute Gasteiger partial charge is 0.248 e. The second kappa shape index (κ2) is 4.89. The molecule has 2 amide bonds. The number of anilines is 1. The topological polar surface area (TPSA) is 91.1 Å². The van der Waals surface area contributed by atoms with Crippen molar-refractivity contribution in [2.75, 3.05) is 17.2 Å². The van der Waals surface area contributed by atoms with Crippen molar-refractivity contribution in [2.24, 2.45) is 0 Å². The normalized spacial score (nSPS) is 20.4. The van der Waals surface area contributed by atoms with Gasteiger partial charge < -0.3 is 10.3 Å². The zero-order valence-electron chi connectivity index (χ0n) is 9.51. The second-order valence-corrected chi connectivity index (χ2v) is 5.09. The van der Waals surface area contributed by atoms with Gasteiger partial charge in [-0.1, -0.05) is 5.16 Å². The highest BCUT2D eigenvalue weighted by atomic mass is 32.2. The molecule has 1 fully saturated rings. The maximum absolute atomic E-state index is 12.0. The van der Waals surface area contributed by atoms with E-state index in [0.717, 1.165) is 17.2 Å². The van der Waals surface area contributed by atoms with E-state index in [0.29, 0.717) is 5.76 Å². The Morgan fingerprint density at radius 2 is 2.41 bits per heavy atom. The van der Waals surface area contributed by atoms with Gasteiger partial charge in [0.1, 0.15) is 5.76 Å². The summed E-state index contributed by atoms with van der Waals surface area (Å²) in [4.78, 5) is 24.9. The maximum Gasteiger partial charge on any atom is 0.248 e. The lowest BCUT2D eigenvalue weighted by molar-refractivity contribution is -0.360. The van der Waals surface area contributed by atoms with Crippen molar-refractivity contribution >= 4 is 29.4 Å². The SMILES string of the molecule is Cc1cc(N2C(=O)C[C@@H](SCC[NH3+])C2=O)no1. The number of aryl methyl sites for hydroxylation is 1. The molecule has 1 aromatic rings. The summed E-state index contributed by atoms with van der Waals surface area (Å²) in [7, 11) is 0. The lowest BCUT2D eigenvalue weighted by Crippen LogP contribution is -2.51. The van der Waals surface area contributed by atoms with Gasteiger partial charge in [0.25, 0.3) is 0 Å². The zero-order valence-corrected chi connectivity index (χ0v) is 10.3. The van der Waals surface area contributed by atoms with E-state index >= 15 is 0 Å². The average molecular weight is 256 g/mol. The Bertz CT molecular complexity index is 446. The number of rotatable bonds is 4. The third-order valence-corrected chi connectivity index (χ3v) is 3.71. The van der Waals surface area contributed by atoms with Gasteiger partial charge in [-0.25, -0.2) is 4.90 Å². The number of imide groups is 1. The molecule has 2 heterocycles. The summed E-state index contributed by atoms with van der Waals surface area (Å²) in [6.45, 7) is 2.46. The van der Waals surface area contributed by atoms with E-state index in [4.69, 9.17) is 4.52 Å². The number of carbonyl (C=O) groups excluding carboxylic acids is 2. The monoisotopic (exact) mass is 256 g/mol. The predicted molar refractivity (Wildman–Crippen MR) is 62.4 cm³/mol. The average Bonchev–Trinajstić information content (AvgIpc) is 2.81. The van der Waals surface area contributed by atoms with Crippen LogP contribution < -0.4 is 10.6 Å². The highest BCUT2D eigenvalue weighted by Gasteiger charge is 2.41. The molecule has 1 aliphatic heterocycles. The van der Waals surface area contributed by atoms with Gasteiger partial charge in [0.15, 0.2) is 5.82 Å². The van der Waals surface area contributed by atoms with Gasteiger partial charge in [-0.05, 0) is 6.92 Å². The molecule has 0 bridgehead atoms. The van der Waals surface area contributed by atoms with Crippen LogP contribution in [0.4, 0.5) is 5.82 Å². The third kappa shape index (κ3) is 2.34. The minimum absolute atomic E-state index is 0.207. The molecule has 2 rings (SSSR count). The van der Waals surface area contributed by atoms with E-state index in [1.807, 2.05) is 0 Å². The number of carbonyl (C=O) groups is 2. The Hall–Kier alpha value is -1.34. The van der Waals surface area contributed by atoms with Crippen molar-refractivity contribution in [1.82, 2.24) is 5.16 Å². The molecule has 0 radical (unpaired) electrons. The van der Waals surface area contributed by atoms with Crippen LogP contribution in [0.3, 0.4) is 0 Å². The van der Waals surface area contributed by atoms with E-state index in [1.165, 1.54) is 11.8 Å². The summed E-state index contributed by atoms with van der Waals surface area (Å²) in [6, 6.07) is 1.59. The molecule has 0 aromatic carbocycles. The van der Waals surface area contributed by atoms with E-state index in [9.17, 15) is 9.59 Å². The zero-order chi connectivity index (χ0) is 12.4. The molecule has 1 aromatic heterocycles. The van der Waals surface area contributed by atoms with E-state index in [-0.39, 0.29) is 29.3 Å². The minimum Gasteiger partial charge on any atom is -0.360 e. The van der Waals surface area contributed by atoms with Crippen molar-refractivity contribution in [3.8, 4) is 0 Å². The lowest BCUT2D eigenvalue weighted by Gasteiger charge is -2.09. The first kappa shape index (κ1) is 12.1. The first-order valence-corrected chi connectivity index (χ1v) is 6.39. The molecule has 0 aliphatic carbocycles. The molecule has 92 valence electrons. The largest absolute Gasteiger partial charge is 0.360 e. The van der Waals surface area contributed by atoms with Crippen LogP contribution in [0.2, 0.25) is 0 Å². The molecule has 1 aliphatic rings. The van der Waals surface area contributed by atoms with Crippen LogP contribution in [-0.4, -0.2) is 34.5 Å². The number of amides is 2. The molecular weight excluding hydrogens is 242 g/mol. The summed E-state index contributed by atoms with van der Waals surface area (Å²) >= 11 is 1.47. The van der Waals surface area contributed by atoms with Crippen LogP contribution in [0, 0.1) is 6.92 Å². The maximum atomic E-state index is 12.0. The Balaban J connectivity index is 2.14. The Morgan fingerprint density at radius 1 is 1.65 bits per heavy atom. The second-order valence-electron chi connectivity index (χ2n) is 3.78. The van der Waals surface area contributed by atoms with Crippen molar-refractivity contribution in [3.05, 3.63) is 11.8 Å². The van der Waals surface area contributed by atoms with Gasteiger partial charge in [0.05, 0.1) is 11.8 Å².